The van der Waals surface area contributed by atoms with E-state index in [-0.39, 0.29) is 24.9 Å². The van der Waals surface area contributed by atoms with Crippen LogP contribution in [0.25, 0.3) is 0 Å². The third kappa shape index (κ3) is 14.2. The number of amides is 4. The Balaban J connectivity index is 1.91. The molecule has 2 aromatic carbocycles. The second-order valence-electron chi connectivity index (χ2n) is 11.7. The smallest absolute Gasteiger partial charge is 0.408 e. The van der Waals surface area contributed by atoms with Crippen molar-refractivity contribution in [1.82, 2.24) is 21.3 Å². The van der Waals surface area contributed by atoms with Gasteiger partial charge in [-0.1, -0.05) is 60.7 Å². The molecule has 0 heterocycles. The topological polar surface area (TPSA) is 135 Å². The summed E-state index contributed by atoms with van der Waals surface area (Å²) in [7, 11) is 0. The van der Waals surface area contributed by atoms with Crippen LogP contribution < -0.4 is 21.3 Å². The molecule has 0 aliphatic carbocycles. The summed E-state index contributed by atoms with van der Waals surface area (Å²) in [6.45, 7) is 11.0. The third-order valence-corrected chi connectivity index (χ3v) is 5.53. The highest BCUT2D eigenvalue weighted by Crippen LogP contribution is 2.10. The first kappa shape index (κ1) is 33.1. The van der Waals surface area contributed by atoms with Gasteiger partial charge in [-0.2, -0.15) is 0 Å². The number of ether oxygens (including phenoxy) is 2. The van der Waals surface area contributed by atoms with Crippen molar-refractivity contribution >= 4 is 24.0 Å². The van der Waals surface area contributed by atoms with Gasteiger partial charge in [0.25, 0.3) is 0 Å². The molecule has 0 aromatic heterocycles. The van der Waals surface area contributed by atoms with E-state index >= 15 is 0 Å². The van der Waals surface area contributed by atoms with Crippen molar-refractivity contribution in [1.29, 1.82) is 0 Å². The van der Waals surface area contributed by atoms with Crippen LogP contribution in [0.5, 0.6) is 0 Å². The minimum Gasteiger partial charge on any atom is -0.444 e. The summed E-state index contributed by atoms with van der Waals surface area (Å²) >= 11 is 0. The lowest BCUT2D eigenvalue weighted by molar-refractivity contribution is -0.123. The number of hydrogen-bond acceptors (Lipinski definition) is 6. The number of benzene rings is 2. The lowest BCUT2D eigenvalue weighted by Crippen LogP contribution is -2.50. The number of rotatable bonds is 12. The fraction of sp³-hybridized carbons (Fsp3) is 0.484. The molecule has 0 fully saturated rings. The maximum Gasteiger partial charge on any atom is 0.408 e. The molecular weight excluding hydrogens is 524 g/mol. The lowest BCUT2D eigenvalue weighted by atomic mass is 10.1. The minimum atomic E-state index is -0.838. The number of nitrogens with one attached hydrogen (secondary N) is 4. The van der Waals surface area contributed by atoms with Gasteiger partial charge in [0.15, 0.2) is 0 Å². The van der Waals surface area contributed by atoms with Crippen LogP contribution in [0.3, 0.4) is 0 Å². The Kier molecular flexibility index (Phi) is 12.6. The predicted molar refractivity (Wildman–Crippen MR) is 157 cm³/mol. The molecule has 0 unspecified atom stereocenters. The molecule has 4 amide bonds. The van der Waals surface area contributed by atoms with Crippen LogP contribution in [0.15, 0.2) is 60.7 Å². The first-order valence-corrected chi connectivity index (χ1v) is 13.8. The van der Waals surface area contributed by atoms with Gasteiger partial charge in [-0.25, -0.2) is 9.59 Å². The zero-order valence-electron chi connectivity index (χ0n) is 24.9. The lowest BCUT2D eigenvalue weighted by Gasteiger charge is -2.24. The van der Waals surface area contributed by atoms with E-state index in [0.29, 0.717) is 19.3 Å². The van der Waals surface area contributed by atoms with Gasteiger partial charge in [-0.05, 0) is 59.1 Å². The molecule has 10 heteroatoms. The van der Waals surface area contributed by atoms with Crippen LogP contribution in [0.1, 0.15) is 59.1 Å². The first-order valence-electron chi connectivity index (χ1n) is 13.8. The van der Waals surface area contributed by atoms with E-state index in [0.717, 1.165) is 11.1 Å². The van der Waals surface area contributed by atoms with Crippen molar-refractivity contribution in [2.24, 2.45) is 0 Å². The van der Waals surface area contributed by atoms with Crippen LogP contribution in [-0.2, 0) is 31.9 Å². The molecular formula is C31H44N4O6. The van der Waals surface area contributed by atoms with Gasteiger partial charge in [0.2, 0.25) is 11.8 Å². The van der Waals surface area contributed by atoms with E-state index in [1.165, 1.54) is 0 Å². The largest absolute Gasteiger partial charge is 0.444 e. The molecule has 10 nitrogen and oxygen atoms in total. The van der Waals surface area contributed by atoms with Gasteiger partial charge in [0.05, 0.1) is 0 Å². The van der Waals surface area contributed by atoms with E-state index in [2.05, 4.69) is 21.3 Å². The summed E-state index contributed by atoms with van der Waals surface area (Å²) in [6.07, 6.45) is -0.335. The van der Waals surface area contributed by atoms with E-state index in [9.17, 15) is 19.2 Å². The van der Waals surface area contributed by atoms with Crippen molar-refractivity contribution in [3.05, 3.63) is 71.8 Å². The molecule has 0 saturated heterocycles. The number of carbonyl (C=O) groups is 4. The molecule has 2 rings (SSSR count). The Morgan fingerprint density at radius 3 is 1.27 bits per heavy atom. The highest BCUT2D eigenvalue weighted by molar-refractivity contribution is 5.86. The summed E-state index contributed by atoms with van der Waals surface area (Å²) < 4.78 is 10.7. The Morgan fingerprint density at radius 2 is 0.951 bits per heavy atom. The highest BCUT2D eigenvalue weighted by Gasteiger charge is 2.26. The fourth-order valence-electron chi connectivity index (χ4n) is 3.78. The molecule has 0 bridgehead atoms. The quantitative estimate of drug-likeness (QED) is 0.287. The second kappa shape index (κ2) is 15.6. The molecule has 0 spiro atoms. The summed E-state index contributed by atoms with van der Waals surface area (Å²) in [4.78, 5) is 50.7. The van der Waals surface area contributed by atoms with Crippen LogP contribution >= 0.6 is 0 Å². The SMILES string of the molecule is CC(C)(C)OC(=O)N[C@@H](Cc1ccccc1)C(=O)NCCCNC(=O)[C@H](Cc1ccccc1)NC(=O)OC(C)(C)C. The van der Waals surface area contributed by atoms with Crippen LogP contribution in [0.4, 0.5) is 9.59 Å². The molecule has 0 saturated carbocycles. The van der Waals surface area contributed by atoms with Crippen LogP contribution in [-0.4, -0.2) is 60.4 Å². The minimum absolute atomic E-state index is 0.267. The number of hydrogen-bond donors (Lipinski definition) is 4. The van der Waals surface area contributed by atoms with Crippen molar-refractivity contribution in [2.45, 2.75) is 84.1 Å². The standard InChI is InChI=1S/C31H44N4O6/c1-30(2,3)40-28(38)34-24(20-22-14-9-7-10-15-22)26(36)32-18-13-19-33-27(37)25(21-23-16-11-8-12-17-23)35-29(39)41-31(4,5)6/h7-12,14-17,24-25H,13,18-21H2,1-6H3,(H,32,36)(H,33,37)(H,34,38)(H,35,39)/t24-,25-/m0/s1. The summed E-state index contributed by atoms with van der Waals surface area (Å²) in [6, 6.07) is 17.0. The van der Waals surface area contributed by atoms with Crippen molar-refractivity contribution in [3.8, 4) is 0 Å². The van der Waals surface area contributed by atoms with E-state index in [1.807, 2.05) is 60.7 Å². The van der Waals surface area contributed by atoms with Gasteiger partial charge in [0.1, 0.15) is 23.3 Å². The van der Waals surface area contributed by atoms with Gasteiger partial charge >= 0.3 is 12.2 Å². The van der Waals surface area contributed by atoms with Crippen molar-refractivity contribution in [2.75, 3.05) is 13.1 Å². The second-order valence-corrected chi connectivity index (χ2v) is 11.7. The van der Waals surface area contributed by atoms with E-state index in [1.54, 1.807) is 41.5 Å². The zero-order chi connectivity index (χ0) is 30.5. The molecule has 0 aliphatic rings. The Hall–Kier alpha value is -4.08. The summed E-state index contributed by atoms with van der Waals surface area (Å²) in [5.41, 5.74) is 0.371. The van der Waals surface area contributed by atoms with Crippen LogP contribution in [0, 0.1) is 0 Å². The molecule has 0 aliphatic heterocycles. The van der Waals surface area contributed by atoms with Gasteiger partial charge < -0.3 is 30.7 Å². The van der Waals surface area contributed by atoms with Crippen LogP contribution in [0.2, 0.25) is 0 Å². The predicted octanol–water partition coefficient (Wildman–Crippen LogP) is 3.88. The molecule has 224 valence electrons. The average molecular weight is 569 g/mol. The van der Waals surface area contributed by atoms with Gasteiger partial charge in [-0.3, -0.25) is 9.59 Å². The highest BCUT2D eigenvalue weighted by atomic mass is 16.6. The fourth-order valence-corrected chi connectivity index (χ4v) is 3.78. The molecule has 41 heavy (non-hydrogen) atoms. The normalized spacial score (nSPS) is 12.8. The molecule has 2 atom stereocenters. The molecule has 0 radical (unpaired) electrons. The van der Waals surface area contributed by atoms with E-state index < -0.39 is 35.5 Å². The maximum absolute atomic E-state index is 13.0. The van der Waals surface area contributed by atoms with Gasteiger partial charge in [-0.15, -0.1) is 0 Å². The third-order valence-electron chi connectivity index (χ3n) is 5.53. The van der Waals surface area contributed by atoms with E-state index in [4.69, 9.17) is 9.47 Å². The van der Waals surface area contributed by atoms with Crippen molar-refractivity contribution < 1.29 is 28.7 Å². The Labute approximate surface area is 242 Å². The Bertz CT molecular complexity index is 1040. The maximum atomic E-state index is 13.0. The van der Waals surface area contributed by atoms with Crippen molar-refractivity contribution in [3.63, 3.8) is 0 Å². The Morgan fingerprint density at radius 1 is 0.610 bits per heavy atom. The number of alkyl carbamates (subject to hydrolysis) is 2. The molecule has 2 aromatic rings. The van der Waals surface area contributed by atoms with Gasteiger partial charge in [0, 0.05) is 25.9 Å². The zero-order valence-corrected chi connectivity index (χ0v) is 24.9. The number of carbonyl (C=O) groups excluding carboxylic acids is 4. The first-order chi connectivity index (χ1) is 19.2. The summed E-state index contributed by atoms with van der Waals surface area (Å²) in [5, 5.41) is 11.0. The monoisotopic (exact) mass is 568 g/mol. The molecule has 4 N–H and O–H groups in total. The summed E-state index contributed by atoms with van der Waals surface area (Å²) in [5.74, 6) is -0.723. The average Bonchev–Trinajstić information content (AvgIpc) is 2.86.